The summed E-state index contributed by atoms with van der Waals surface area (Å²) in [6, 6.07) is 10.1. The molecule has 2 atom stereocenters. The molecule has 0 heterocycles. The minimum atomic E-state index is -0.278. The summed E-state index contributed by atoms with van der Waals surface area (Å²) in [6.07, 6.45) is 5.39. The first-order chi connectivity index (χ1) is 10.6. The number of benzene rings is 1. The van der Waals surface area contributed by atoms with Crippen LogP contribution in [0.2, 0.25) is 0 Å². The van der Waals surface area contributed by atoms with Crippen molar-refractivity contribution < 1.29 is 9.53 Å². The molecule has 4 fully saturated rings. The first-order valence-electron chi connectivity index (χ1n) is 8.38. The molecular formula is C18H25ClN2O2. The van der Waals surface area contributed by atoms with Crippen molar-refractivity contribution >= 4 is 18.5 Å². The molecule has 23 heavy (non-hydrogen) atoms. The van der Waals surface area contributed by atoms with E-state index >= 15 is 0 Å². The molecule has 1 amide bonds. The van der Waals surface area contributed by atoms with Gasteiger partial charge in [-0.1, -0.05) is 30.3 Å². The van der Waals surface area contributed by atoms with Gasteiger partial charge in [0.2, 0.25) is 0 Å². The number of amides is 1. The van der Waals surface area contributed by atoms with E-state index in [2.05, 4.69) is 5.32 Å². The summed E-state index contributed by atoms with van der Waals surface area (Å²) in [6.45, 7) is 0.332. The van der Waals surface area contributed by atoms with Crippen molar-refractivity contribution in [2.24, 2.45) is 23.5 Å². The van der Waals surface area contributed by atoms with Crippen molar-refractivity contribution in [3.63, 3.8) is 0 Å². The van der Waals surface area contributed by atoms with Crippen molar-refractivity contribution in [3.8, 4) is 0 Å². The first-order valence-corrected chi connectivity index (χ1v) is 8.38. The standard InChI is InChI=1S/C18H24N2O2.ClH/c19-16-14-6-13-7-15(16)10-18(8-13,9-14)20-17(21)22-11-12-4-2-1-3-5-12;/h1-5,13-16H,6-11,19H2,(H,20,21);1H. The molecule has 1 aromatic carbocycles. The summed E-state index contributed by atoms with van der Waals surface area (Å²) in [4.78, 5) is 12.2. The number of nitrogens with one attached hydrogen (secondary N) is 1. The molecule has 4 nitrogen and oxygen atoms in total. The van der Waals surface area contributed by atoms with Crippen LogP contribution in [0.4, 0.5) is 4.79 Å². The Labute approximate surface area is 143 Å². The molecule has 0 radical (unpaired) electrons. The average Bonchev–Trinajstić information content (AvgIpc) is 2.50. The second kappa shape index (κ2) is 6.33. The van der Waals surface area contributed by atoms with Crippen LogP contribution in [0.1, 0.15) is 37.7 Å². The Morgan fingerprint density at radius 3 is 2.48 bits per heavy atom. The number of alkyl carbamates (subject to hydrolysis) is 1. The van der Waals surface area contributed by atoms with Gasteiger partial charge in [0.1, 0.15) is 6.61 Å². The lowest BCUT2D eigenvalue weighted by molar-refractivity contribution is -0.0347. The molecule has 4 aliphatic carbocycles. The summed E-state index contributed by atoms with van der Waals surface area (Å²) in [5.41, 5.74) is 7.31. The molecule has 2 unspecified atom stereocenters. The Balaban J connectivity index is 0.00000156. The summed E-state index contributed by atoms with van der Waals surface area (Å²) < 4.78 is 5.41. The minimum absolute atomic E-state index is 0. The van der Waals surface area contributed by atoms with Crippen LogP contribution in [0.5, 0.6) is 0 Å². The van der Waals surface area contributed by atoms with Gasteiger partial charge < -0.3 is 15.8 Å². The zero-order valence-corrected chi connectivity index (χ0v) is 14.1. The molecule has 5 heteroatoms. The largest absolute Gasteiger partial charge is 0.445 e. The van der Waals surface area contributed by atoms with Gasteiger partial charge in [-0.2, -0.15) is 0 Å². The maximum absolute atomic E-state index is 12.2. The second-order valence-corrected chi connectivity index (χ2v) is 7.51. The van der Waals surface area contributed by atoms with Gasteiger partial charge in [0.05, 0.1) is 0 Å². The highest BCUT2D eigenvalue weighted by Crippen LogP contribution is 2.55. The lowest BCUT2D eigenvalue weighted by Crippen LogP contribution is -2.65. The summed E-state index contributed by atoms with van der Waals surface area (Å²) >= 11 is 0. The van der Waals surface area contributed by atoms with E-state index < -0.39 is 0 Å². The molecule has 4 saturated carbocycles. The van der Waals surface area contributed by atoms with Crippen molar-refractivity contribution in [2.75, 3.05) is 0 Å². The van der Waals surface area contributed by atoms with Gasteiger partial charge in [0, 0.05) is 11.6 Å². The SMILES string of the molecule is Cl.NC1C2CC3CC1CC(NC(=O)OCc1ccccc1)(C3)C2. The maximum atomic E-state index is 12.2. The van der Waals surface area contributed by atoms with E-state index in [1.807, 2.05) is 30.3 Å². The molecule has 5 rings (SSSR count). The number of hydrogen-bond donors (Lipinski definition) is 2. The van der Waals surface area contributed by atoms with Crippen LogP contribution in [0.15, 0.2) is 30.3 Å². The van der Waals surface area contributed by atoms with Gasteiger partial charge in [0.25, 0.3) is 0 Å². The van der Waals surface area contributed by atoms with Crippen molar-refractivity contribution in [1.29, 1.82) is 0 Å². The predicted octanol–water partition coefficient (Wildman–Crippen LogP) is 3.24. The fraction of sp³-hybridized carbons (Fsp3) is 0.611. The third kappa shape index (κ3) is 3.20. The molecule has 3 N–H and O–H groups in total. The fourth-order valence-electron chi connectivity index (χ4n) is 5.19. The third-order valence-corrected chi connectivity index (χ3v) is 5.93. The van der Waals surface area contributed by atoms with E-state index in [0.29, 0.717) is 24.5 Å². The molecular weight excluding hydrogens is 312 g/mol. The van der Waals surface area contributed by atoms with Crippen LogP contribution in [-0.4, -0.2) is 17.7 Å². The molecule has 0 saturated heterocycles. The topological polar surface area (TPSA) is 64.3 Å². The Kier molecular flexibility index (Phi) is 4.56. The number of hydrogen-bond acceptors (Lipinski definition) is 3. The number of rotatable bonds is 3. The summed E-state index contributed by atoms with van der Waals surface area (Å²) in [5, 5.41) is 3.20. The zero-order chi connectivity index (χ0) is 15.2. The number of ether oxygens (including phenoxy) is 1. The number of nitrogens with two attached hydrogens (primary N) is 1. The van der Waals surface area contributed by atoms with Crippen LogP contribution in [0.3, 0.4) is 0 Å². The summed E-state index contributed by atoms with van der Waals surface area (Å²) in [7, 11) is 0. The highest BCUT2D eigenvalue weighted by Gasteiger charge is 2.55. The average molecular weight is 337 g/mol. The Bertz CT molecular complexity index is 549. The number of halogens is 1. The van der Waals surface area contributed by atoms with E-state index in [4.69, 9.17) is 10.5 Å². The van der Waals surface area contributed by atoms with Gasteiger partial charge >= 0.3 is 6.09 Å². The Morgan fingerprint density at radius 1 is 1.17 bits per heavy atom. The molecule has 0 aliphatic heterocycles. The van der Waals surface area contributed by atoms with E-state index in [1.165, 1.54) is 12.8 Å². The van der Waals surface area contributed by atoms with Crippen LogP contribution < -0.4 is 11.1 Å². The second-order valence-electron chi connectivity index (χ2n) is 7.51. The summed E-state index contributed by atoms with van der Waals surface area (Å²) in [5.74, 6) is 1.91. The third-order valence-electron chi connectivity index (χ3n) is 5.93. The lowest BCUT2D eigenvalue weighted by Gasteiger charge is -2.59. The van der Waals surface area contributed by atoms with Gasteiger partial charge in [-0.3, -0.25) is 0 Å². The zero-order valence-electron chi connectivity index (χ0n) is 13.2. The van der Waals surface area contributed by atoms with Gasteiger partial charge in [-0.25, -0.2) is 4.79 Å². The monoisotopic (exact) mass is 336 g/mol. The van der Waals surface area contributed by atoms with Crippen molar-refractivity contribution in [3.05, 3.63) is 35.9 Å². The fourth-order valence-corrected chi connectivity index (χ4v) is 5.19. The van der Waals surface area contributed by atoms with E-state index in [0.717, 1.165) is 30.7 Å². The van der Waals surface area contributed by atoms with E-state index in [1.54, 1.807) is 0 Å². The van der Waals surface area contributed by atoms with Gasteiger partial charge in [-0.15, -0.1) is 12.4 Å². The van der Waals surface area contributed by atoms with Crippen LogP contribution in [0, 0.1) is 17.8 Å². The van der Waals surface area contributed by atoms with E-state index in [-0.39, 0.29) is 24.0 Å². The molecule has 0 aromatic heterocycles. The number of carbonyl (C=O) groups excluding carboxylic acids is 1. The molecule has 4 bridgehead atoms. The minimum Gasteiger partial charge on any atom is -0.445 e. The van der Waals surface area contributed by atoms with Crippen molar-refractivity contribution in [1.82, 2.24) is 5.32 Å². The molecule has 126 valence electrons. The Hall–Kier alpha value is -1.26. The molecule has 0 spiro atoms. The smallest absolute Gasteiger partial charge is 0.407 e. The lowest BCUT2D eigenvalue weighted by atomic mass is 9.51. The van der Waals surface area contributed by atoms with Crippen molar-refractivity contribution in [2.45, 2.75) is 50.3 Å². The van der Waals surface area contributed by atoms with Gasteiger partial charge in [-0.05, 0) is 55.4 Å². The van der Waals surface area contributed by atoms with Crippen LogP contribution in [-0.2, 0) is 11.3 Å². The normalized spacial score (nSPS) is 37.1. The van der Waals surface area contributed by atoms with Crippen LogP contribution >= 0.6 is 12.4 Å². The highest BCUT2D eigenvalue weighted by atomic mass is 35.5. The maximum Gasteiger partial charge on any atom is 0.407 e. The highest BCUT2D eigenvalue weighted by molar-refractivity contribution is 5.85. The molecule has 4 aliphatic rings. The predicted molar refractivity (Wildman–Crippen MR) is 91.3 cm³/mol. The molecule has 1 aromatic rings. The van der Waals surface area contributed by atoms with Gasteiger partial charge in [0.15, 0.2) is 0 Å². The number of carbonyl (C=O) groups is 1. The first kappa shape index (κ1) is 16.6. The van der Waals surface area contributed by atoms with Crippen LogP contribution in [0.25, 0.3) is 0 Å². The Morgan fingerprint density at radius 2 is 1.83 bits per heavy atom. The van der Waals surface area contributed by atoms with E-state index in [9.17, 15) is 4.79 Å². The quantitative estimate of drug-likeness (QED) is 0.890.